The van der Waals surface area contributed by atoms with Gasteiger partial charge in [-0.3, -0.25) is 4.79 Å². The molecule has 1 rings (SSSR count). The van der Waals surface area contributed by atoms with Gasteiger partial charge in [0.15, 0.2) is 0 Å². The Morgan fingerprint density at radius 1 is 1.38 bits per heavy atom. The first kappa shape index (κ1) is 12.2. The molecule has 0 fully saturated rings. The maximum Gasteiger partial charge on any atom is 0.416 e. The molecule has 1 unspecified atom stereocenters. The van der Waals surface area contributed by atoms with E-state index in [1.54, 1.807) is 0 Å². The first-order valence-corrected chi connectivity index (χ1v) is 4.11. The van der Waals surface area contributed by atoms with Gasteiger partial charge in [-0.15, -0.1) is 0 Å². The van der Waals surface area contributed by atoms with E-state index in [0.29, 0.717) is 6.07 Å². The molecule has 0 saturated carbocycles. The predicted molar refractivity (Wildman–Crippen MR) is 46.3 cm³/mol. The van der Waals surface area contributed by atoms with Crippen molar-refractivity contribution in [1.29, 1.82) is 5.26 Å². The number of halogens is 4. The van der Waals surface area contributed by atoms with Gasteiger partial charge in [-0.25, -0.2) is 4.39 Å². The van der Waals surface area contributed by atoms with Gasteiger partial charge in [-0.05, 0) is 12.1 Å². The van der Waals surface area contributed by atoms with Gasteiger partial charge < -0.3 is 0 Å². The van der Waals surface area contributed by atoms with Crippen molar-refractivity contribution in [2.24, 2.45) is 0 Å². The van der Waals surface area contributed by atoms with Crippen LogP contribution in [0.2, 0.25) is 0 Å². The molecule has 0 radical (unpaired) electrons. The Morgan fingerprint density at radius 2 is 2.00 bits per heavy atom. The highest BCUT2D eigenvalue weighted by Gasteiger charge is 2.31. The number of benzene rings is 1. The molecule has 0 amide bonds. The first-order valence-electron chi connectivity index (χ1n) is 4.11. The van der Waals surface area contributed by atoms with Crippen LogP contribution < -0.4 is 0 Å². The minimum atomic E-state index is -4.60. The molecule has 0 aliphatic carbocycles. The molecule has 1 aromatic rings. The summed E-state index contributed by atoms with van der Waals surface area (Å²) in [5.74, 6) is -1.27. The molecule has 0 aliphatic rings. The molecular formula is C10H5F4NO. The van der Waals surface area contributed by atoms with Gasteiger partial charge in [0.1, 0.15) is 6.07 Å². The summed E-state index contributed by atoms with van der Waals surface area (Å²) in [6, 6.07) is 4.32. The third-order valence-electron chi connectivity index (χ3n) is 1.82. The summed E-state index contributed by atoms with van der Waals surface area (Å²) >= 11 is 0. The smallest absolute Gasteiger partial charge is 0.290 e. The minimum absolute atomic E-state index is 0.469. The second-order valence-electron chi connectivity index (χ2n) is 2.93. The largest absolute Gasteiger partial charge is 0.416 e. The fourth-order valence-electron chi connectivity index (χ4n) is 1.05. The van der Waals surface area contributed by atoms with Gasteiger partial charge in [-0.2, -0.15) is 18.4 Å². The molecule has 16 heavy (non-hydrogen) atoms. The monoisotopic (exact) mass is 231 g/mol. The second kappa shape index (κ2) is 4.31. The molecule has 6 heteroatoms. The van der Waals surface area contributed by atoms with Crippen LogP contribution in [0.1, 0.15) is 15.9 Å². The highest BCUT2D eigenvalue weighted by atomic mass is 19.4. The lowest BCUT2D eigenvalue weighted by molar-refractivity contribution is -0.137. The van der Waals surface area contributed by atoms with E-state index < -0.39 is 29.3 Å². The Bertz CT molecular complexity index is 447. The maximum atomic E-state index is 12.6. The molecule has 84 valence electrons. The molecule has 0 aromatic heterocycles. The van der Waals surface area contributed by atoms with Crippen molar-refractivity contribution in [1.82, 2.24) is 0 Å². The molecule has 0 heterocycles. The quantitative estimate of drug-likeness (QED) is 0.580. The van der Waals surface area contributed by atoms with Crippen molar-refractivity contribution in [3.63, 3.8) is 0 Å². The molecule has 1 atom stereocenters. The van der Waals surface area contributed by atoms with Gasteiger partial charge >= 0.3 is 6.18 Å². The van der Waals surface area contributed by atoms with E-state index in [2.05, 4.69) is 0 Å². The molecule has 1 aromatic carbocycles. The number of nitriles is 1. The van der Waals surface area contributed by atoms with E-state index in [1.165, 1.54) is 0 Å². The second-order valence-corrected chi connectivity index (χ2v) is 2.93. The third-order valence-corrected chi connectivity index (χ3v) is 1.82. The van der Waals surface area contributed by atoms with Gasteiger partial charge in [-0.1, -0.05) is 12.1 Å². The zero-order chi connectivity index (χ0) is 12.3. The van der Waals surface area contributed by atoms with Gasteiger partial charge in [0.25, 0.3) is 0 Å². The van der Waals surface area contributed by atoms with Crippen LogP contribution >= 0.6 is 0 Å². The van der Waals surface area contributed by atoms with Crippen molar-refractivity contribution in [3.8, 4) is 6.07 Å². The van der Waals surface area contributed by atoms with Gasteiger partial charge in [0.05, 0.1) is 5.56 Å². The molecule has 0 saturated heterocycles. The van der Waals surface area contributed by atoms with E-state index in [-0.39, 0.29) is 0 Å². The number of alkyl halides is 4. The summed E-state index contributed by atoms with van der Waals surface area (Å²) in [6.07, 6.45) is -7.04. The Morgan fingerprint density at radius 3 is 2.50 bits per heavy atom. The van der Waals surface area contributed by atoms with E-state index >= 15 is 0 Å². The predicted octanol–water partition coefficient (Wildman–Crippen LogP) is 2.75. The molecule has 0 aliphatic heterocycles. The van der Waals surface area contributed by atoms with Crippen LogP contribution in [0.25, 0.3) is 0 Å². The van der Waals surface area contributed by atoms with Crippen molar-refractivity contribution >= 4 is 5.78 Å². The molecular weight excluding hydrogens is 226 g/mol. The van der Waals surface area contributed by atoms with Crippen molar-refractivity contribution < 1.29 is 22.4 Å². The number of hydrogen-bond acceptors (Lipinski definition) is 2. The number of hydrogen-bond donors (Lipinski definition) is 0. The summed E-state index contributed by atoms with van der Waals surface area (Å²) in [5.41, 5.74) is -1.52. The first-order chi connectivity index (χ1) is 7.36. The lowest BCUT2D eigenvalue weighted by Crippen LogP contribution is -2.15. The summed E-state index contributed by atoms with van der Waals surface area (Å²) in [4.78, 5) is 11.1. The van der Waals surface area contributed by atoms with E-state index in [1.807, 2.05) is 0 Å². The van der Waals surface area contributed by atoms with Crippen LogP contribution in [0.5, 0.6) is 0 Å². The Balaban J connectivity index is 3.10. The zero-order valence-corrected chi connectivity index (χ0v) is 7.75. The summed E-state index contributed by atoms with van der Waals surface area (Å²) in [5, 5.41) is 8.13. The lowest BCUT2D eigenvalue weighted by atomic mass is 10.0. The van der Waals surface area contributed by atoms with E-state index in [4.69, 9.17) is 5.26 Å². The van der Waals surface area contributed by atoms with Crippen LogP contribution in [0.15, 0.2) is 24.3 Å². The third kappa shape index (κ3) is 2.57. The topological polar surface area (TPSA) is 40.9 Å². The van der Waals surface area contributed by atoms with Crippen LogP contribution in [-0.2, 0) is 6.18 Å². The fraction of sp³-hybridized carbons (Fsp3) is 0.200. The molecule has 0 bridgehead atoms. The Kier molecular flexibility index (Phi) is 3.28. The van der Waals surface area contributed by atoms with Crippen molar-refractivity contribution in [2.75, 3.05) is 0 Å². The number of rotatable bonds is 2. The van der Waals surface area contributed by atoms with E-state index in [9.17, 15) is 22.4 Å². The van der Waals surface area contributed by atoms with Crippen molar-refractivity contribution in [2.45, 2.75) is 12.3 Å². The number of ketones is 1. The minimum Gasteiger partial charge on any atom is -0.290 e. The van der Waals surface area contributed by atoms with Gasteiger partial charge in [0, 0.05) is 5.56 Å². The number of carbonyl (C=O) groups excluding carboxylic acids is 1. The highest BCUT2D eigenvalue weighted by Crippen LogP contribution is 2.29. The van der Waals surface area contributed by atoms with Crippen LogP contribution in [0, 0.1) is 11.3 Å². The summed E-state index contributed by atoms with van der Waals surface area (Å²) in [6.45, 7) is 0. The fourth-order valence-corrected chi connectivity index (χ4v) is 1.05. The lowest BCUT2D eigenvalue weighted by Gasteiger charge is -2.07. The van der Waals surface area contributed by atoms with Gasteiger partial charge in [0.2, 0.25) is 12.0 Å². The number of nitrogens with zero attached hydrogens (tertiary/aromatic N) is 1. The normalized spacial score (nSPS) is 12.9. The maximum absolute atomic E-state index is 12.6. The van der Waals surface area contributed by atoms with Crippen LogP contribution in [-0.4, -0.2) is 12.0 Å². The van der Waals surface area contributed by atoms with Crippen LogP contribution in [0.4, 0.5) is 17.6 Å². The molecule has 2 nitrogen and oxygen atoms in total. The molecule has 0 N–H and O–H groups in total. The Hall–Kier alpha value is -1.90. The van der Waals surface area contributed by atoms with E-state index in [0.717, 1.165) is 24.3 Å². The number of carbonyl (C=O) groups is 1. The summed E-state index contributed by atoms with van der Waals surface area (Å²) in [7, 11) is 0. The average Bonchev–Trinajstić information content (AvgIpc) is 2.26. The zero-order valence-electron chi connectivity index (χ0n) is 7.75. The number of Topliss-reactive ketones (excluding diaryl/α,β-unsaturated/α-hetero) is 1. The standard InChI is InChI=1S/C10H5F4NO/c11-8(5-15)9(16)6-2-1-3-7(4-6)10(12,13)14/h1-4,8H. The summed E-state index contributed by atoms with van der Waals surface area (Å²) < 4.78 is 49.4. The van der Waals surface area contributed by atoms with Crippen molar-refractivity contribution in [3.05, 3.63) is 35.4 Å². The highest BCUT2D eigenvalue weighted by molar-refractivity contribution is 6.01. The van der Waals surface area contributed by atoms with Crippen LogP contribution in [0.3, 0.4) is 0 Å². The Labute approximate surface area is 88.1 Å². The molecule has 0 spiro atoms. The average molecular weight is 231 g/mol. The SMILES string of the molecule is N#CC(F)C(=O)c1cccc(C(F)(F)F)c1.